The summed E-state index contributed by atoms with van der Waals surface area (Å²) in [5, 5.41) is 3.48. The quantitative estimate of drug-likeness (QED) is 0.770. The maximum atomic E-state index is 12.7. The maximum Gasteiger partial charge on any atom is 0.261 e. The van der Waals surface area contributed by atoms with E-state index < -0.39 is 0 Å². The number of rotatable bonds is 5. The van der Waals surface area contributed by atoms with Gasteiger partial charge in [0, 0.05) is 0 Å². The minimum atomic E-state index is -0.209. The van der Waals surface area contributed by atoms with E-state index in [4.69, 9.17) is 0 Å². The van der Waals surface area contributed by atoms with Gasteiger partial charge >= 0.3 is 0 Å². The number of hydrogen-bond acceptors (Lipinski definition) is 3. The molecule has 0 saturated carbocycles. The third-order valence-corrected chi connectivity index (χ3v) is 4.62. The van der Waals surface area contributed by atoms with E-state index in [1.807, 2.05) is 25.1 Å². The first-order valence-corrected chi connectivity index (χ1v) is 8.84. The van der Waals surface area contributed by atoms with Crippen LogP contribution in [-0.2, 0) is 17.8 Å². The topological polar surface area (TPSA) is 64.0 Å². The van der Waals surface area contributed by atoms with Crippen molar-refractivity contribution in [3.05, 3.63) is 75.8 Å². The van der Waals surface area contributed by atoms with Gasteiger partial charge in [0.2, 0.25) is 5.91 Å². The summed E-state index contributed by atoms with van der Waals surface area (Å²) in [5.74, 6) is 0.322. The summed E-state index contributed by atoms with van der Waals surface area (Å²) in [5.41, 5.74) is 2.76. The van der Waals surface area contributed by atoms with Crippen molar-refractivity contribution in [1.29, 1.82) is 0 Å². The largest absolute Gasteiger partial charge is 0.348 e. The first-order chi connectivity index (χ1) is 12.5. The summed E-state index contributed by atoms with van der Waals surface area (Å²) in [7, 11) is 0. The van der Waals surface area contributed by atoms with E-state index in [1.165, 1.54) is 10.1 Å². The maximum absolute atomic E-state index is 12.7. The number of nitrogens with one attached hydrogen (secondary N) is 1. The Morgan fingerprint density at radius 3 is 2.54 bits per heavy atom. The van der Waals surface area contributed by atoms with Gasteiger partial charge in [-0.05, 0) is 43.5 Å². The lowest BCUT2D eigenvalue weighted by Gasteiger charge is -2.16. The van der Waals surface area contributed by atoms with Crippen molar-refractivity contribution in [3.63, 3.8) is 0 Å². The van der Waals surface area contributed by atoms with Crippen molar-refractivity contribution in [2.75, 3.05) is 0 Å². The molecule has 3 rings (SSSR count). The average Bonchev–Trinajstić information content (AvgIpc) is 2.65. The molecule has 0 aliphatic heterocycles. The van der Waals surface area contributed by atoms with Gasteiger partial charge < -0.3 is 5.32 Å². The van der Waals surface area contributed by atoms with Crippen molar-refractivity contribution in [3.8, 4) is 0 Å². The smallest absolute Gasteiger partial charge is 0.261 e. The molecule has 0 saturated heterocycles. The highest BCUT2D eigenvalue weighted by Crippen LogP contribution is 2.14. The molecule has 134 valence electrons. The second kappa shape index (κ2) is 7.52. The van der Waals surface area contributed by atoms with Crippen LogP contribution in [0.1, 0.15) is 36.8 Å². The molecule has 0 unspecified atom stereocenters. The minimum absolute atomic E-state index is 0.0418. The standard InChI is InChI=1S/C21H23N3O2/c1-4-16-9-11-17(12-10-16)14(2)22-20(25)13-24-15(3)23-19-8-6-5-7-18(19)21(24)26/h5-12,14H,4,13H2,1-3H3,(H,22,25)/t14-/m0/s1. The number of nitrogens with zero attached hydrogens (tertiary/aromatic N) is 2. The van der Waals surface area contributed by atoms with Crippen LogP contribution in [-0.4, -0.2) is 15.5 Å². The number of amides is 1. The second-order valence-corrected chi connectivity index (χ2v) is 6.45. The average molecular weight is 349 g/mol. The number of benzene rings is 2. The van der Waals surface area contributed by atoms with Crippen LogP contribution in [0.15, 0.2) is 53.3 Å². The monoisotopic (exact) mass is 349 g/mol. The fourth-order valence-electron chi connectivity index (χ4n) is 3.02. The molecule has 5 heteroatoms. The minimum Gasteiger partial charge on any atom is -0.348 e. The summed E-state index contributed by atoms with van der Waals surface area (Å²) >= 11 is 0. The molecule has 3 aromatic rings. The highest BCUT2D eigenvalue weighted by atomic mass is 16.2. The van der Waals surface area contributed by atoms with Gasteiger partial charge in [-0.15, -0.1) is 0 Å². The van der Waals surface area contributed by atoms with Crippen molar-refractivity contribution in [2.45, 2.75) is 39.8 Å². The lowest BCUT2D eigenvalue weighted by atomic mass is 10.1. The van der Waals surface area contributed by atoms with Crippen LogP contribution in [0.5, 0.6) is 0 Å². The summed E-state index contributed by atoms with van der Waals surface area (Å²) < 4.78 is 1.42. The Morgan fingerprint density at radius 2 is 1.85 bits per heavy atom. The van der Waals surface area contributed by atoms with Crippen LogP contribution >= 0.6 is 0 Å². The predicted octanol–water partition coefficient (Wildman–Crippen LogP) is 3.14. The number of aromatic nitrogens is 2. The first kappa shape index (κ1) is 17.9. The summed E-state index contributed by atoms with van der Waals surface area (Å²) in [6.45, 7) is 5.75. The molecule has 1 heterocycles. The van der Waals surface area contributed by atoms with E-state index in [1.54, 1.807) is 25.1 Å². The Hall–Kier alpha value is -2.95. The number of fused-ring (bicyclic) bond motifs is 1. The van der Waals surface area contributed by atoms with E-state index in [2.05, 4.69) is 29.4 Å². The molecular formula is C21H23N3O2. The zero-order chi connectivity index (χ0) is 18.7. The fraction of sp³-hybridized carbons (Fsp3) is 0.286. The van der Waals surface area contributed by atoms with E-state index in [0.717, 1.165) is 12.0 Å². The van der Waals surface area contributed by atoms with Crippen molar-refractivity contribution >= 4 is 16.8 Å². The van der Waals surface area contributed by atoms with Gasteiger partial charge in [0.05, 0.1) is 16.9 Å². The van der Waals surface area contributed by atoms with Gasteiger partial charge in [0.25, 0.3) is 5.56 Å². The van der Waals surface area contributed by atoms with Crippen LogP contribution < -0.4 is 10.9 Å². The number of hydrogen-bond donors (Lipinski definition) is 1. The number of carbonyl (C=O) groups excluding carboxylic acids is 1. The lowest BCUT2D eigenvalue weighted by molar-refractivity contribution is -0.122. The molecule has 2 aromatic carbocycles. The third-order valence-electron chi connectivity index (χ3n) is 4.62. The molecule has 0 bridgehead atoms. The summed E-state index contributed by atoms with van der Waals surface area (Å²) in [6, 6.07) is 15.2. The zero-order valence-electron chi connectivity index (χ0n) is 15.3. The molecule has 0 radical (unpaired) electrons. The molecule has 0 spiro atoms. The highest BCUT2D eigenvalue weighted by Gasteiger charge is 2.14. The van der Waals surface area contributed by atoms with Crippen molar-refractivity contribution < 1.29 is 4.79 Å². The first-order valence-electron chi connectivity index (χ1n) is 8.84. The molecule has 0 aliphatic carbocycles. The van der Waals surface area contributed by atoms with Gasteiger partial charge in [-0.3, -0.25) is 14.2 Å². The molecule has 5 nitrogen and oxygen atoms in total. The van der Waals surface area contributed by atoms with Gasteiger partial charge in [0.15, 0.2) is 0 Å². The zero-order valence-corrected chi connectivity index (χ0v) is 15.3. The third kappa shape index (κ3) is 3.67. The molecular weight excluding hydrogens is 326 g/mol. The van der Waals surface area contributed by atoms with Crippen LogP contribution in [0.2, 0.25) is 0 Å². The van der Waals surface area contributed by atoms with Crippen molar-refractivity contribution in [2.24, 2.45) is 0 Å². The van der Waals surface area contributed by atoms with E-state index in [0.29, 0.717) is 16.7 Å². The van der Waals surface area contributed by atoms with E-state index in [-0.39, 0.29) is 24.1 Å². The van der Waals surface area contributed by atoms with Crippen LogP contribution in [0, 0.1) is 6.92 Å². The Bertz CT molecular complexity index is 990. The predicted molar refractivity (Wildman–Crippen MR) is 103 cm³/mol. The number of carbonyl (C=O) groups is 1. The molecule has 0 fully saturated rings. The Kier molecular flexibility index (Phi) is 5.16. The van der Waals surface area contributed by atoms with E-state index in [9.17, 15) is 9.59 Å². The van der Waals surface area contributed by atoms with Crippen LogP contribution in [0.25, 0.3) is 10.9 Å². The molecule has 1 atom stereocenters. The van der Waals surface area contributed by atoms with Crippen molar-refractivity contribution in [1.82, 2.24) is 14.9 Å². The van der Waals surface area contributed by atoms with Gasteiger partial charge in [-0.1, -0.05) is 43.3 Å². The number of aryl methyl sites for hydroxylation is 2. The molecule has 1 amide bonds. The molecule has 26 heavy (non-hydrogen) atoms. The molecule has 1 aromatic heterocycles. The highest BCUT2D eigenvalue weighted by molar-refractivity contribution is 5.79. The second-order valence-electron chi connectivity index (χ2n) is 6.45. The summed E-state index contributed by atoms with van der Waals surface area (Å²) in [4.78, 5) is 29.5. The van der Waals surface area contributed by atoms with Gasteiger partial charge in [0.1, 0.15) is 12.4 Å². The van der Waals surface area contributed by atoms with Gasteiger partial charge in [-0.2, -0.15) is 0 Å². The Morgan fingerprint density at radius 1 is 1.15 bits per heavy atom. The molecule has 0 aliphatic rings. The normalized spacial score (nSPS) is 12.1. The fourth-order valence-corrected chi connectivity index (χ4v) is 3.02. The van der Waals surface area contributed by atoms with Crippen LogP contribution in [0.4, 0.5) is 0 Å². The summed E-state index contributed by atoms with van der Waals surface area (Å²) in [6.07, 6.45) is 0.984. The number of para-hydroxylation sites is 1. The van der Waals surface area contributed by atoms with Crippen LogP contribution in [0.3, 0.4) is 0 Å². The Labute approximate surface area is 152 Å². The Balaban J connectivity index is 1.77. The molecule has 1 N–H and O–H groups in total. The van der Waals surface area contributed by atoms with E-state index >= 15 is 0 Å². The lowest BCUT2D eigenvalue weighted by Crippen LogP contribution is -2.35. The van der Waals surface area contributed by atoms with Gasteiger partial charge in [-0.25, -0.2) is 4.98 Å². The SMILES string of the molecule is CCc1ccc([C@H](C)NC(=O)Cn2c(C)nc3ccccc3c2=O)cc1.